The second kappa shape index (κ2) is 6.50. The van der Waals surface area contributed by atoms with Gasteiger partial charge in [0.15, 0.2) is 0 Å². The van der Waals surface area contributed by atoms with Crippen LogP contribution in [-0.2, 0) is 13.0 Å². The number of halogens is 1. The third-order valence-corrected chi connectivity index (χ3v) is 4.94. The third-order valence-electron chi connectivity index (χ3n) is 4.71. The SMILES string of the molecule is C/C(=N\Nc1cccc(Cl)c1)c1c(O)c2cccc3c2n(c1=O)CCC3. The summed E-state index contributed by atoms with van der Waals surface area (Å²) in [5, 5.41) is 16.3. The van der Waals surface area contributed by atoms with Crippen LogP contribution in [0.15, 0.2) is 52.4 Å². The first-order valence-corrected chi connectivity index (χ1v) is 8.87. The highest BCUT2D eigenvalue weighted by Crippen LogP contribution is 2.31. The lowest BCUT2D eigenvalue weighted by Crippen LogP contribution is -2.29. The van der Waals surface area contributed by atoms with Crippen LogP contribution >= 0.6 is 11.6 Å². The van der Waals surface area contributed by atoms with Crippen molar-refractivity contribution >= 4 is 33.9 Å². The zero-order chi connectivity index (χ0) is 18.3. The molecule has 1 aliphatic rings. The van der Waals surface area contributed by atoms with E-state index >= 15 is 0 Å². The Bertz CT molecular complexity index is 1100. The van der Waals surface area contributed by atoms with Crippen LogP contribution in [0.5, 0.6) is 5.75 Å². The fraction of sp³-hybridized carbons (Fsp3) is 0.200. The van der Waals surface area contributed by atoms with E-state index < -0.39 is 0 Å². The molecule has 0 spiro atoms. The van der Waals surface area contributed by atoms with Crippen LogP contribution < -0.4 is 11.0 Å². The molecule has 2 aromatic carbocycles. The number of para-hydroxylation sites is 1. The number of anilines is 1. The van der Waals surface area contributed by atoms with Crippen LogP contribution in [0.25, 0.3) is 10.9 Å². The summed E-state index contributed by atoms with van der Waals surface area (Å²) in [5.41, 5.74) is 5.97. The highest BCUT2D eigenvalue weighted by atomic mass is 35.5. The maximum Gasteiger partial charge on any atom is 0.264 e. The number of aromatic nitrogens is 1. The minimum atomic E-state index is -0.212. The van der Waals surface area contributed by atoms with E-state index in [9.17, 15) is 9.90 Å². The molecule has 0 aliphatic carbocycles. The Morgan fingerprint density at radius 2 is 2.08 bits per heavy atom. The normalized spacial score (nSPS) is 13.8. The van der Waals surface area contributed by atoms with E-state index in [1.54, 1.807) is 23.6 Å². The summed E-state index contributed by atoms with van der Waals surface area (Å²) < 4.78 is 1.75. The fourth-order valence-electron chi connectivity index (χ4n) is 3.50. The van der Waals surface area contributed by atoms with Crippen LogP contribution in [0.4, 0.5) is 5.69 Å². The highest BCUT2D eigenvalue weighted by Gasteiger charge is 2.22. The van der Waals surface area contributed by atoms with Crippen LogP contribution in [0.2, 0.25) is 5.02 Å². The van der Waals surface area contributed by atoms with E-state index in [0.717, 1.165) is 23.9 Å². The summed E-state index contributed by atoms with van der Waals surface area (Å²) in [4.78, 5) is 13.0. The van der Waals surface area contributed by atoms with Gasteiger partial charge in [-0.2, -0.15) is 5.10 Å². The Kier molecular flexibility index (Phi) is 4.17. The van der Waals surface area contributed by atoms with E-state index in [2.05, 4.69) is 10.5 Å². The van der Waals surface area contributed by atoms with Crippen LogP contribution in [0.3, 0.4) is 0 Å². The van der Waals surface area contributed by atoms with Gasteiger partial charge in [0.2, 0.25) is 0 Å². The molecular weight excluding hydrogens is 350 g/mol. The molecule has 2 heterocycles. The fourth-order valence-corrected chi connectivity index (χ4v) is 3.70. The monoisotopic (exact) mass is 367 g/mol. The van der Waals surface area contributed by atoms with Gasteiger partial charge in [0.05, 0.1) is 16.9 Å². The molecule has 26 heavy (non-hydrogen) atoms. The van der Waals surface area contributed by atoms with Gasteiger partial charge in [-0.15, -0.1) is 0 Å². The molecule has 0 atom stereocenters. The van der Waals surface area contributed by atoms with Crippen LogP contribution in [0, 0.1) is 0 Å². The minimum Gasteiger partial charge on any atom is -0.506 e. The standard InChI is InChI=1S/C20H18ClN3O2/c1-12(22-23-15-8-3-7-14(21)11-15)17-19(25)16-9-2-5-13-6-4-10-24(18(13)16)20(17)26/h2-3,5,7-9,11,23,25H,4,6,10H2,1H3/b22-12+. The molecule has 0 unspecified atom stereocenters. The zero-order valence-corrected chi connectivity index (χ0v) is 15.0. The lowest BCUT2D eigenvalue weighted by Gasteiger charge is -2.21. The Morgan fingerprint density at radius 1 is 1.27 bits per heavy atom. The number of hydrazone groups is 1. The van der Waals surface area contributed by atoms with Crippen molar-refractivity contribution in [2.24, 2.45) is 5.10 Å². The molecule has 132 valence electrons. The molecule has 0 saturated carbocycles. The van der Waals surface area contributed by atoms with Gasteiger partial charge in [0.1, 0.15) is 11.3 Å². The van der Waals surface area contributed by atoms with E-state index in [1.165, 1.54) is 0 Å². The molecule has 0 fully saturated rings. The van der Waals surface area contributed by atoms with E-state index in [-0.39, 0.29) is 16.9 Å². The largest absolute Gasteiger partial charge is 0.506 e. The first kappa shape index (κ1) is 16.7. The molecule has 4 rings (SSSR count). The molecule has 0 radical (unpaired) electrons. The average Bonchev–Trinajstić information content (AvgIpc) is 2.64. The Morgan fingerprint density at radius 3 is 2.88 bits per heavy atom. The van der Waals surface area contributed by atoms with Crippen molar-refractivity contribution in [2.45, 2.75) is 26.3 Å². The number of nitrogens with one attached hydrogen (secondary N) is 1. The summed E-state index contributed by atoms with van der Waals surface area (Å²) in [7, 11) is 0. The number of hydrogen-bond acceptors (Lipinski definition) is 4. The topological polar surface area (TPSA) is 66.6 Å². The first-order chi connectivity index (χ1) is 12.6. The van der Waals surface area contributed by atoms with E-state index in [4.69, 9.17) is 11.6 Å². The minimum absolute atomic E-state index is 0.0147. The molecule has 0 amide bonds. The van der Waals surface area contributed by atoms with Gasteiger partial charge in [0.25, 0.3) is 5.56 Å². The molecule has 1 aliphatic heterocycles. The molecule has 0 bridgehead atoms. The summed E-state index contributed by atoms with van der Waals surface area (Å²) in [6, 6.07) is 12.9. The van der Waals surface area contributed by atoms with Crippen molar-refractivity contribution in [1.29, 1.82) is 0 Å². The average molecular weight is 368 g/mol. The third kappa shape index (κ3) is 2.74. The van der Waals surface area contributed by atoms with Gasteiger partial charge in [-0.3, -0.25) is 10.2 Å². The van der Waals surface area contributed by atoms with Crippen molar-refractivity contribution < 1.29 is 5.11 Å². The van der Waals surface area contributed by atoms with Gasteiger partial charge in [-0.05, 0) is 49.6 Å². The lowest BCUT2D eigenvalue weighted by atomic mass is 9.98. The van der Waals surface area contributed by atoms with Gasteiger partial charge in [-0.25, -0.2) is 0 Å². The molecule has 0 saturated heterocycles. The molecule has 5 nitrogen and oxygen atoms in total. The number of pyridine rings is 1. The van der Waals surface area contributed by atoms with Crippen molar-refractivity contribution in [2.75, 3.05) is 5.43 Å². The second-order valence-electron chi connectivity index (χ2n) is 6.42. The number of aryl methyl sites for hydroxylation is 2. The van der Waals surface area contributed by atoms with Crippen molar-refractivity contribution in [3.8, 4) is 5.75 Å². The van der Waals surface area contributed by atoms with Crippen LogP contribution in [0.1, 0.15) is 24.5 Å². The van der Waals surface area contributed by atoms with Gasteiger partial charge < -0.3 is 9.67 Å². The first-order valence-electron chi connectivity index (χ1n) is 8.50. The number of nitrogens with zero attached hydrogens (tertiary/aromatic N) is 2. The summed E-state index contributed by atoms with van der Waals surface area (Å²) in [5.74, 6) is -0.0147. The number of rotatable bonds is 3. The summed E-state index contributed by atoms with van der Waals surface area (Å²) >= 11 is 5.97. The van der Waals surface area contributed by atoms with Crippen molar-refractivity contribution in [3.05, 3.63) is 69.0 Å². The molecule has 6 heteroatoms. The van der Waals surface area contributed by atoms with E-state index in [1.807, 2.05) is 30.3 Å². The summed E-state index contributed by atoms with van der Waals surface area (Å²) in [6.45, 7) is 2.36. The Labute approximate surface area is 155 Å². The maximum absolute atomic E-state index is 13.0. The lowest BCUT2D eigenvalue weighted by molar-refractivity contribution is 0.476. The molecule has 2 N–H and O–H groups in total. The predicted octanol–water partition coefficient (Wildman–Crippen LogP) is 4.14. The van der Waals surface area contributed by atoms with Crippen LogP contribution in [-0.4, -0.2) is 15.4 Å². The van der Waals surface area contributed by atoms with Crippen molar-refractivity contribution in [3.63, 3.8) is 0 Å². The maximum atomic E-state index is 13.0. The smallest absolute Gasteiger partial charge is 0.264 e. The van der Waals surface area contributed by atoms with Gasteiger partial charge >= 0.3 is 0 Å². The molecule has 3 aromatic rings. The highest BCUT2D eigenvalue weighted by molar-refractivity contribution is 6.30. The quantitative estimate of drug-likeness (QED) is 0.540. The summed E-state index contributed by atoms with van der Waals surface area (Å²) in [6.07, 6.45) is 1.83. The van der Waals surface area contributed by atoms with Gasteiger partial charge in [-0.1, -0.05) is 29.8 Å². The Balaban J connectivity index is 1.84. The Hall–Kier alpha value is -2.79. The predicted molar refractivity (Wildman–Crippen MR) is 105 cm³/mol. The molecule has 1 aromatic heterocycles. The van der Waals surface area contributed by atoms with E-state index in [0.29, 0.717) is 28.4 Å². The number of benzene rings is 2. The van der Waals surface area contributed by atoms with Crippen molar-refractivity contribution in [1.82, 2.24) is 4.57 Å². The zero-order valence-electron chi connectivity index (χ0n) is 14.3. The second-order valence-corrected chi connectivity index (χ2v) is 6.85. The number of aromatic hydroxyl groups is 1. The number of hydrogen-bond donors (Lipinski definition) is 2. The molecular formula is C20H18ClN3O2. The van der Waals surface area contributed by atoms with Gasteiger partial charge in [0, 0.05) is 17.0 Å².